The molecule has 5 amide bonds. The number of nitrogens with one attached hydrogen (secondary N) is 2. The second-order valence-electron chi connectivity index (χ2n) is 8.62. The molecule has 5 rings (SSSR count). The van der Waals surface area contributed by atoms with Gasteiger partial charge in [-0.15, -0.1) is 0 Å². The molecule has 2 aliphatic heterocycles. The van der Waals surface area contributed by atoms with Crippen LogP contribution in [0.2, 0.25) is 5.02 Å². The highest BCUT2D eigenvalue weighted by Gasteiger charge is 2.55. The normalized spacial score (nSPS) is 21.5. The molecule has 0 radical (unpaired) electrons. The molecule has 0 aromatic heterocycles. The van der Waals surface area contributed by atoms with Crippen LogP contribution < -0.4 is 10.6 Å². The number of urea groups is 1. The zero-order chi connectivity index (χ0) is 23.2. The topological polar surface area (TPSA) is 98.8 Å². The van der Waals surface area contributed by atoms with Crippen LogP contribution >= 0.6 is 11.6 Å². The van der Waals surface area contributed by atoms with Crippen molar-refractivity contribution in [2.45, 2.75) is 31.2 Å². The Morgan fingerprint density at radius 3 is 2.64 bits per heavy atom. The molecule has 2 heterocycles. The number of imide groups is 1. The summed E-state index contributed by atoms with van der Waals surface area (Å²) >= 11 is 6.10. The molecule has 9 heteroatoms. The number of carbonyl (C=O) groups is 4. The number of nitrogens with zero attached hydrogens (tertiary/aromatic N) is 2. The summed E-state index contributed by atoms with van der Waals surface area (Å²) in [4.78, 5) is 54.4. The Balaban J connectivity index is 1.34. The van der Waals surface area contributed by atoms with Crippen LogP contribution in [0.1, 0.15) is 40.7 Å². The largest absolute Gasteiger partial charge is 0.339 e. The fourth-order valence-corrected chi connectivity index (χ4v) is 5.13. The predicted molar refractivity (Wildman–Crippen MR) is 122 cm³/mol. The molecule has 33 heavy (non-hydrogen) atoms. The molecule has 1 unspecified atom stereocenters. The van der Waals surface area contributed by atoms with Crippen LogP contribution in [0.15, 0.2) is 42.5 Å². The average Bonchev–Trinajstić information content (AvgIpc) is 3.52. The van der Waals surface area contributed by atoms with Gasteiger partial charge in [-0.2, -0.15) is 0 Å². The lowest BCUT2D eigenvalue weighted by Crippen LogP contribution is -2.43. The van der Waals surface area contributed by atoms with Gasteiger partial charge >= 0.3 is 6.03 Å². The number of amides is 5. The van der Waals surface area contributed by atoms with Gasteiger partial charge in [0.05, 0.1) is 11.3 Å². The van der Waals surface area contributed by atoms with Crippen molar-refractivity contribution in [3.8, 4) is 0 Å². The lowest BCUT2D eigenvalue weighted by atomic mass is 9.92. The molecule has 8 nitrogen and oxygen atoms in total. The highest BCUT2D eigenvalue weighted by Crippen LogP contribution is 2.41. The van der Waals surface area contributed by atoms with Gasteiger partial charge in [-0.25, -0.2) is 4.79 Å². The van der Waals surface area contributed by atoms with Gasteiger partial charge in [-0.05, 0) is 55.0 Å². The van der Waals surface area contributed by atoms with E-state index in [9.17, 15) is 19.2 Å². The van der Waals surface area contributed by atoms with Crippen LogP contribution in [-0.4, -0.2) is 53.2 Å². The van der Waals surface area contributed by atoms with E-state index in [1.807, 2.05) is 24.3 Å². The Morgan fingerprint density at radius 1 is 1.09 bits per heavy atom. The summed E-state index contributed by atoms with van der Waals surface area (Å²) in [5.41, 5.74) is 1.27. The van der Waals surface area contributed by atoms with Crippen molar-refractivity contribution >= 4 is 41.0 Å². The fraction of sp³-hybridized carbons (Fsp3) is 0.333. The number of hydrogen-bond acceptors (Lipinski definition) is 4. The first-order valence-electron chi connectivity index (χ1n) is 11.0. The van der Waals surface area contributed by atoms with E-state index in [0.29, 0.717) is 36.6 Å². The molecule has 1 aliphatic carbocycles. The van der Waals surface area contributed by atoms with Gasteiger partial charge in [0.2, 0.25) is 5.91 Å². The maximum absolute atomic E-state index is 13.3. The minimum Gasteiger partial charge on any atom is -0.339 e. The quantitative estimate of drug-likeness (QED) is 0.677. The van der Waals surface area contributed by atoms with Gasteiger partial charge < -0.3 is 15.5 Å². The maximum Gasteiger partial charge on any atom is 0.325 e. The minimum atomic E-state index is -1.12. The molecular weight excluding hydrogens is 444 g/mol. The zero-order valence-electron chi connectivity index (χ0n) is 17.9. The Labute approximate surface area is 195 Å². The van der Waals surface area contributed by atoms with E-state index < -0.39 is 29.9 Å². The van der Waals surface area contributed by atoms with E-state index in [2.05, 4.69) is 10.6 Å². The Hall–Kier alpha value is -3.39. The molecule has 170 valence electrons. The van der Waals surface area contributed by atoms with Gasteiger partial charge in [0.15, 0.2) is 0 Å². The van der Waals surface area contributed by atoms with Crippen LogP contribution in [0.25, 0.3) is 0 Å². The molecule has 1 spiro atoms. The van der Waals surface area contributed by atoms with Crippen LogP contribution in [0, 0.1) is 0 Å². The summed E-state index contributed by atoms with van der Waals surface area (Å²) in [5, 5.41) is 5.88. The Bertz CT molecular complexity index is 1180. The highest BCUT2D eigenvalue weighted by atomic mass is 35.5. The van der Waals surface area contributed by atoms with E-state index in [-0.39, 0.29) is 11.5 Å². The fourth-order valence-electron chi connectivity index (χ4n) is 4.96. The molecular formula is C24H23ClN4O4. The number of carbonyl (C=O) groups excluding carboxylic acids is 4. The van der Waals surface area contributed by atoms with Crippen LogP contribution in [0.4, 0.5) is 10.5 Å². The molecule has 2 fully saturated rings. The van der Waals surface area contributed by atoms with Crippen molar-refractivity contribution in [2.24, 2.45) is 0 Å². The second-order valence-corrected chi connectivity index (χ2v) is 9.06. The van der Waals surface area contributed by atoms with Crippen molar-refractivity contribution in [2.75, 3.05) is 25.0 Å². The van der Waals surface area contributed by atoms with E-state index in [1.165, 1.54) is 6.07 Å². The van der Waals surface area contributed by atoms with Crippen LogP contribution in [0.3, 0.4) is 0 Å². The van der Waals surface area contributed by atoms with Gasteiger partial charge in [-0.1, -0.05) is 35.9 Å². The summed E-state index contributed by atoms with van der Waals surface area (Å²) in [6.45, 7) is 0.865. The molecule has 1 atom stereocenters. The Morgan fingerprint density at radius 2 is 1.85 bits per heavy atom. The van der Waals surface area contributed by atoms with Crippen molar-refractivity contribution in [1.29, 1.82) is 0 Å². The first-order valence-corrected chi connectivity index (χ1v) is 11.4. The average molecular weight is 467 g/mol. The summed E-state index contributed by atoms with van der Waals surface area (Å²) in [6, 6.07) is 11.6. The predicted octanol–water partition coefficient (Wildman–Crippen LogP) is 2.91. The third-order valence-electron chi connectivity index (χ3n) is 6.60. The molecule has 2 N–H and O–H groups in total. The number of benzene rings is 2. The molecule has 3 aliphatic rings. The highest BCUT2D eigenvalue weighted by molar-refractivity contribution is 6.31. The van der Waals surface area contributed by atoms with Gasteiger partial charge in [0, 0.05) is 18.1 Å². The lowest BCUT2D eigenvalue weighted by molar-refractivity contribution is -0.134. The first-order chi connectivity index (χ1) is 15.9. The van der Waals surface area contributed by atoms with Gasteiger partial charge in [-0.3, -0.25) is 19.3 Å². The summed E-state index contributed by atoms with van der Waals surface area (Å²) in [7, 11) is 0. The number of anilines is 1. The van der Waals surface area contributed by atoms with Crippen molar-refractivity contribution in [3.05, 3.63) is 64.2 Å². The third-order valence-corrected chi connectivity index (χ3v) is 6.84. The first kappa shape index (κ1) is 21.5. The summed E-state index contributed by atoms with van der Waals surface area (Å²) in [5.74, 6) is -1.21. The number of fused-ring (bicyclic) bond motifs is 2. The number of rotatable bonds is 4. The Kier molecular flexibility index (Phi) is 5.32. The molecule has 2 aromatic rings. The molecule has 2 aromatic carbocycles. The molecule has 2 saturated heterocycles. The zero-order valence-corrected chi connectivity index (χ0v) is 18.7. The van der Waals surface area contributed by atoms with E-state index in [4.69, 9.17) is 11.6 Å². The van der Waals surface area contributed by atoms with E-state index in [0.717, 1.165) is 28.9 Å². The summed E-state index contributed by atoms with van der Waals surface area (Å²) < 4.78 is 0. The smallest absolute Gasteiger partial charge is 0.325 e. The third kappa shape index (κ3) is 3.64. The van der Waals surface area contributed by atoms with Crippen LogP contribution in [0.5, 0.6) is 0 Å². The molecule has 0 bridgehead atoms. The lowest BCUT2D eigenvalue weighted by Gasteiger charge is -2.22. The number of halogens is 1. The second kappa shape index (κ2) is 8.19. The maximum atomic E-state index is 13.3. The van der Waals surface area contributed by atoms with Crippen molar-refractivity contribution in [3.63, 3.8) is 0 Å². The SMILES string of the molecule is O=C(CN1C(=O)NC2(CCc3ccccc32)C1=O)Nc1ccc(Cl)cc1C(=O)N1CCCC1. The monoisotopic (exact) mass is 466 g/mol. The van der Waals surface area contributed by atoms with Gasteiger partial charge in [0.1, 0.15) is 12.1 Å². The van der Waals surface area contributed by atoms with Crippen molar-refractivity contribution < 1.29 is 19.2 Å². The van der Waals surface area contributed by atoms with Gasteiger partial charge in [0.25, 0.3) is 11.8 Å². The molecule has 0 saturated carbocycles. The minimum absolute atomic E-state index is 0.207. The number of hydrogen-bond donors (Lipinski definition) is 2. The number of aryl methyl sites for hydroxylation is 1. The van der Waals surface area contributed by atoms with Crippen molar-refractivity contribution in [1.82, 2.24) is 15.1 Å². The summed E-state index contributed by atoms with van der Waals surface area (Å²) in [6.07, 6.45) is 3.01. The standard InChI is InChI=1S/C24H23ClN4O4/c25-16-7-8-19(17(13-16)21(31)28-11-3-4-12-28)26-20(30)14-29-22(32)24(27-23(29)33)10-9-15-5-1-2-6-18(15)24/h1-2,5-8,13H,3-4,9-12,14H2,(H,26,30)(H,27,33). The van der Waals surface area contributed by atoms with Crippen LogP contribution in [-0.2, 0) is 21.5 Å². The van der Waals surface area contributed by atoms with E-state index >= 15 is 0 Å². The van der Waals surface area contributed by atoms with E-state index in [1.54, 1.807) is 17.0 Å². The number of likely N-dealkylation sites (tertiary alicyclic amines) is 1.